The summed E-state index contributed by atoms with van der Waals surface area (Å²) >= 11 is 0. The summed E-state index contributed by atoms with van der Waals surface area (Å²) in [6, 6.07) is 4.45. The van der Waals surface area contributed by atoms with Crippen LogP contribution < -0.4 is 40.0 Å². The molecule has 0 saturated carbocycles. The topological polar surface area (TPSA) is 95.2 Å². The minimum Gasteiger partial charge on any atom is -0.731 e. The minimum atomic E-state index is -4.45. The average Bonchev–Trinajstić information content (AvgIpc) is 1.94. The van der Waals surface area contributed by atoms with Crippen LogP contribution in [0, 0.1) is 6.92 Å². The molecule has 0 aromatic heterocycles. The van der Waals surface area contributed by atoms with Crippen LogP contribution >= 0.6 is 0 Å². The zero-order valence-electron chi connectivity index (χ0n) is 7.94. The maximum atomic E-state index is 10.3. The summed E-state index contributed by atoms with van der Waals surface area (Å²) in [6.45, 7) is 1.72. The molecule has 14 heavy (non-hydrogen) atoms. The van der Waals surface area contributed by atoms with Gasteiger partial charge in [-0.15, -0.1) is 0 Å². The molecule has 0 fully saturated rings. The van der Waals surface area contributed by atoms with Crippen LogP contribution in [0.15, 0.2) is 18.2 Å². The molecule has 0 aliphatic heterocycles. The average molecular weight is 224 g/mol. The minimum absolute atomic E-state index is 0. The van der Waals surface area contributed by atoms with Crippen molar-refractivity contribution >= 4 is 21.7 Å². The van der Waals surface area contributed by atoms with E-state index in [0.717, 1.165) is 0 Å². The summed E-state index contributed by atoms with van der Waals surface area (Å²) in [6.07, 6.45) is 0. The summed E-state index contributed by atoms with van der Waals surface area (Å²) in [5.41, 5.74) is 6.99. The van der Waals surface area contributed by atoms with E-state index in [1.54, 1.807) is 6.92 Å². The van der Waals surface area contributed by atoms with E-state index < -0.39 is 10.3 Å². The molecular weight excluding hydrogens is 215 g/mol. The molecule has 1 aromatic rings. The molecule has 0 aliphatic rings. The van der Waals surface area contributed by atoms with Gasteiger partial charge in [-0.1, -0.05) is 0 Å². The first kappa shape index (κ1) is 13.7. The van der Waals surface area contributed by atoms with Crippen molar-refractivity contribution in [2.24, 2.45) is 0 Å². The molecule has 0 bridgehead atoms. The van der Waals surface area contributed by atoms with Gasteiger partial charge in [-0.25, -0.2) is 8.42 Å². The van der Waals surface area contributed by atoms with E-state index in [9.17, 15) is 13.0 Å². The van der Waals surface area contributed by atoms with Crippen LogP contribution in [0.2, 0.25) is 0 Å². The summed E-state index contributed by atoms with van der Waals surface area (Å²) in [5, 5.41) is 0. The van der Waals surface area contributed by atoms with Gasteiger partial charge in [0.05, 0.1) is 0 Å². The third-order valence-corrected chi connectivity index (χ3v) is 2.00. The molecule has 0 unspecified atom stereocenters. The number of hydrogen-bond acceptors (Lipinski definition) is 4. The number of hydrogen-bond donors (Lipinski definition) is 2. The van der Waals surface area contributed by atoms with Crippen LogP contribution in [0.1, 0.15) is 5.56 Å². The van der Waals surface area contributed by atoms with Crippen LogP contribution in [-0.4, -0.2) is 13.0 Å². The number of rotatable bonds is 2. The fourth-order valence-corrected chi connectivity index (χ4v) is 1.30. The summed E-state index contributed by atoms with van der Waals surface area (Å²) in [4.78, 5) is 0. The predicted octanol–water partition coefficient (Wildman–Crippen LogP) is -2.55. The second-order valence-electron chi connectivity index (χ2n) is 2.63. The first-order chi connectivity index (χ1) is 5.88. The monoisotopic (exact) mass is 224 g/mol. The Hall–Kier alpha value is -0.270. The smallest absolute Gasteiger partial charge is 0.731 e. The molecule has 72 valence electrons. The normalized spacial score (nSPS) is 10.4. The van der Waals surface area contributed by atoms with E-state index in [0.29, 0.717) is 11.3 Å². The molecule has 3 N–H and O–H groups in total. The Bertz CT molecular complexity index is 419. The van der Waals surface area contributed by atoms with Gasteiger partial charge in [0.2, 0.25) is 0 Å². The Labute approximate surface area is 105 Å². The van der Waals surface area contributed by atoms with Crippen molar-refractivity contribution < 1.29 is 42.5 Å². The molecule has 0 heterocycles. The quantitative estimate of drug-likeness (QED) is 0.328. The van der Waals surface area contributed by atoms with Gasteiger partial charge < -0.3 is 10.3 Å². The summed E-state index contributed by atoms with van der Waals surface area (Å²) < 4.78 is 32.7. The largest absolute Gasteiger partial charge is 1.00 e. The van der Waals surface area contributed by atoms with Gasteiger partial charge in [-0.3, -0.25) is 4.72 Å². The molecule has 0 aliphatic carbocycles. The molecule has 0 saturated heterocycles. The van der Waals surface area contributed by atoms with Crippen molar-refractivity contribution in [3.05, 3.63) is 23.8 Å². The zero-order chi connectivity index (χ0) is 10.1. The van der Waals surface area contributed by atoms with Crippen LogP contribution in [0.4, 0.5) is 11.4 Å². The van der Waals surface area contributed by atoms with Gasteiger partial charge in [0, 0.05) is 11.4 Å². The van der Waals surface area contributed by atoms with Gasteiger partial charge in [0.15, 0.2) is 10.3 Å². The molecule has 7 heteroatoms. The Balaban J connectivity index is 0.00000169. The van der Waals surface area contributed by atoms with E-state index in [1.807, 2.05) is 4.72 Å². The van der Waals surface area contributed by atoms with Gasteiger partial charge in [0.1, 0.15) is 0 Å². The van der Waals surface area contributed by atoms with E-state index in [1.165, 1.54) is 18.2 Å². The number of aryl methyl sites for hydroxylation is 1. The van der Waals surface area contributed by atoms with Crippen molar-refractivity contribution in [3.63, 3.8) is 0 Å². The van der Waals surface area contributed by atoms with Crippen LogP contribution in [-0.2, 0) is 10.3 Å². The number of nitrogens with one attached hydrogen (secondary N) is 1. The Morgan fingerprint density at radius 3 is 2.43 bits per heavy atom. The molecule has 0 amide bonds. The van der Waals surface area contributed by atoms with Gasteiger partial charge in [-0.05, 0) is 30.7 Å². The molecule has 1 rings (SSSR count). The molecule has 1 aromatic carbocycles. The van der Waals surface area contributed by atoms with Crippen LogP contribution in [0.5, 0.6) is 0 Å². The summed E-state index contributed by atoms with van der Waals surface area (Å²) in [7, 11) is -4.45. The third-order valence-electron chi connectivity index (χ3n) is 1.51. The molecular formula is C7H9N2NaO3S. The maximum Gasteiger partial charge on any atom is 1.00 e. The van der Waals surface area contributed by atoms with E-state index in [4.69, 9.17) is 5.73 Å². The standard InChI is InChI=1S/C7H10N2O3S.Na/c1-5-4-6(2-3-7(5)8)9-13(10,11)12;/h2-4,9H,8H2,1H3,(H,10,11,12);/q;+1/p-1. The molecule has 0 atom stereocenters. The van der Waals surface area contributed by atoms with Crippen LogP contribution in [0.25, 0.3) is 0 Å². The Morgan fingerprint density at radius 2 is 2.00 bits per heavy atom. The van der Waals surface area contributed by atoms with Crippen molar-refractivity contribution in [1.82, 2.24) is 0 Å². The van der Waals surface area contributed by atoms with Crippen molar-refractivity contribution in [2.45, 2.75) is 6.92 Å². The number of anilines is 2. The number of benzene rings is 1. The molecule has 0 spiro atoms. The van der Waals surface area contributed by atoms with E-state index in [-0.39, 0.29) is 35.2 Å². The number of nitrogen functional groups attached to an aromatic ring is 1. The second-order valence-corrected chi connectivity index (χ2v) is 3.74. The van der Waals surface area contributed by atoms with Crippen LogP contribution in [0.3, 0.4) is 0 Å². The van der Waals surface area contributed by atoms with Crippen molar-refractivity contribution in [1.29, 1.82) is 0 Å². The predicted molar refractivity (Wildman–Crippen MR) is 48.9 cm³/mol. The Kier molecular flexibility index (Phi) is 4.90. The number of nitrogens with two attached hydrogens (primary N) is 1. The Morgan fingerprint density at radius 1 is 1.43 bits per heavy atom. The molecule has 0 radical (unpaired) electrons. The van der Waals surface area contributed by atoms with Crippen molar-refractivity contribution in [3.8, 4) is 0 Å². The fourth-order valence-electron chi connectivity index (χ4n) is 0.884. The van der Waals surface area contributed by atoms with E-state index in [2.05, 4.69) is 0 Å². The first-order valence-corrected chi connectivity index (χ1v) is 4.89. The van der Waals surface area contributed by atoms with Crippen molar-refractivity contribution in [2.75, 3.05) is 10.5 Å². The maximum absolute atomic E-state index is 10.3. The second kappa shape index (κ2) is 4.99. The fraction of sp³-hybridized carbons (Fsp3) is 0.143. The summed E-state index contributed by atoms with van der Waals surface area (Å²) in [5.74, 6) is 0. The van der Waals surface area contributed by atoms with E-state index >= 15 is 0 Å². The SMILES string of the molecule is Cc1cc(NS(=O)(=O)[O-])ccc1N.[Na+]. The van der Waals surface area contributed by atoms with Gasteiger partial charge in [0.25, 0.3) is 0 Å². The molecule has 5 nitrogen and oxygen atoms in total. The van der Waals surface area contributed by atoms with Gasteiger partial charge in [-0.2, -0.15) is 0 Å². The van der Waals surface area contributed by atoms with Gasteiger partial charge >= 0.3 is 29.6 Å². The first-order valence-electron chi connectivity index (χ1n) is 3.48. The third kappa shape index (κ3) is 4.30. The zero-order valence-corrected chi connectivity index (χ0v) is 10.8.